The van der Waals surface area contributed by atoms with Gasteiger partial charge >= 0.3 is 0 Å². The summed E-state index contributed by atoms with van der Waals surface area (Å²) in [5, 5.41) is 5.07. The first-order valence-electron chi connectivity index (χ1n) is 6.49. The number of aryl methyl sites for hydroxylation is 2. The van der Waals surface area contributed by atoms with Gasteiger partial charge in [0.2, 0.25) is 0 Å². The summed E-state index contributed by atoms with van der Waals surface area (Å²) in [5.41, 5.74) is 9.19. The number of nitrogens with two attached hydrogens (primary N) is 1. The third kappa shape index (κ3) is 2.85. The summed E-state index contributed by atoms with van der Waals surface area (Å²) in [7, 11) is 1.92. The summed E-state index contributed by atoms with van der Waals surface area (Å²) < 4.78 is 3.93. The molecule has 2 N–H and O–H groups in total. The van der Waals surface area contributed by atoms with Crippen LogP contribution >= 0.6 is 11.6 Å². The van der Waals surface area contributed by atoms with Crippen molar-refractivity contribution < 1.29 is 0 Å². The molecule has 0 saturated carbocycles. The maximum atomic E-state index is 6.26. The van der Waals surface area contributed by atoms with Crippen molar-refractivity contribution in [2.24, 2.45) is 18.7 Å². The average Bonchev–Trinajstić information content (AvgIpc) is 2.90. The van der Waals surface area contributed by atoms with Gasteiger partial charge in [-0.1, -0.05) is 25.4 Å². The Morgan fingerprint density at radius 1 is 1.42 bits per heavy atom. The number of halogens is 1. The van der Waals surface area contributed by atoms with Crippen LogP contribution in [0.4, 0.5) is 0 Å². The number of aromatic nitrogens is 3. The maximum Gasteiger partial charge on any atom is 0.0865 e. The molecule has 2 rings (SSSR count). The number of hydrogen-bond acceptors (Lipinski definition) is 2. The number of nitrogens with zero attached hydrogens (tertiary/aromatic N) is 3. The van der Waals surface area contributed by atoms with Crippen molar-refractivity contribution in [2.75, 3.05) is 0 Å². The molecule has 0 spiro atoms. The fourth-order valence-corrected chi connectivity index (χ4v) is 2.38. The van der Waals surface area contributed by atoms with Crippen LogP contribution in [-0.2, 0) is 13.6 Å². The Balaban J connectivity index is 2.20. The largest absolute Gasteiger partial charge is 0.348 e. The lowest BCUT2D eigenvalue weighted by atomic mass is 10.00. The predicted molar refractivity (Wildman–Crippen MR) is 78.3 cm³/mol. The molecule has 0 bridgehead atoms. The van der Waals surface area contributed by atoms with Crippen LogP contribution in [0.25, 0.3) is 0 Å². The van der Waals surface area contributed by atoms with E-state index in [0.29, 0.717) is 12.5 Å². The molecule has 2 aromatic heterocycles. The zero-order valence-electron chi connectivity index (χ0n) is 11.9. The van der Waals surface area contributed by atoms with Gasteiger partial charge in [0.25, 0.3) is 0 Å². The second kappa shape index (κ2) is 5.39. The van der Waals surface area contributed by atoms with Crippen molar-refractivity contribution in [1.82, 2.24) is 14.3 Å². The molecule has 0 amide bonds. The highest BCUT2D eigenvalue weighted by Gasteiger charge is 2.14. The predicted octanol–water partition coefficient (Wildman–Crippen LogP) is 2.89. The molecular formula is C14H21ClN4. The normalized spacial score (nSPS) is 13.2. The van der Waals surface area contributed by atoms with Crippen molar-refractivity contribution in [2.45, 2.75) is 33.4 Å². The lowest BCUT2D eigenvalue weighted by Crippen LogP contribution is -2.16. The second-order valence-electron chi connectivity index (χ2n) is 5.36. The van der Waals surface area contributed by atoms with E-state index in [2.05, 4.69) is 35.8 Å². The van der Waals surface area contributed by atoms with Crippen LogP contribution in [0, 0.1) is 12.8 Å². The Kier molecular flexibility index (Phi) is 4.02. The smallest absolute Gasteiger partial charge is 0.0865 e. The monoisotopic (exact) mass is 280 g/mol. The van der Waals surface area contributed by atoms with Gasteiger partial charge in [-0.25, -0.2) is 0 Å². The number of hydrogen-bond donors (Lipinski definition) is 1. The Labute approximate surface area is 119 Å². The van der Waals surface area contributed by atoms with Crippen molar-refractivity contribution in [3.05, 3.63) is 40.4 Å². The van der Waals surface area contributed by atoms with Gasteiger partial charge in [0.15, 0.2) is 0 Å². The van der Waals surface area contributed by atoms with Gasteiger partial charge in [0, 0.05) is 25.5 Å². The third-order valence-corrected chi connectivity index (χ3v) is 3.96. The Hall–Kier alpha value is -1.26. The van der Waals surface area contributed by atoms with Crippen LogP contribution < -0.4 is 5.73 Å². The summed E-state index contributed by atoms with van der Waals surface area (Å²) >= 11 is 6.26. The molecule has 0 aliphatic rings. The fraction of sp³-hybridized carbons (Fsp3) is 0.500. The van der Waals surface area contributed by atoms with Gasteiger partial charge in [0.05, 0.1) is 23.0 Å². The maximum absolute atomic E-state index is 6.26. The molecule has 1 atom stereocenters. The standard InChI is InChI=1S/C14H21ClN4/c1-9(2)14(16)11-5-6-19(7-11)8-12-13(15)10(3)17-18(12)4/h5-7,9,14H,8,16H2,1-4H3. The second-order valence-corrected chi connectivity index (χ2v) is 5.73. The molecule has 4 nitrogen and oxygen atoms in total. The van der Waals surface area contributed by atoms with E-state index in [0.717, 1.165) is 22.0 Å². The molecule has 2 aromatic rings. The van der Waals surface area contributed by atoms with E-state index in [1.54, 1.807) is 0 Å². The lowest BCUT2D eigenvalue weighted by molar-refractivity contribution is 0.513. The van der Waals surface area contributed by atoms with Crippen molar-refractivity contribution in [3.8, 4) is 0 Å². The van der Waals surface area contributed by atoms with E-state index in [1.165, 1.54) is 0 Å². The summed E-state index contributed by atoms with van der Waals surface area (Å²) in [6.45, 7) is 6.88. The minimum Gasteiger partial charge on any atom is -0.348 e. The summed E-state index contributed by atoms with van der Waals surface area (Å²) in [5.74, 6) is 0.429. The molecule has 104 valence electrons. The van der Waals surface area contributed by atoms with Crippen LogP contribution in [0.2, 0.25) is 5.02 Å². The summed E-state index contributed by atoms with van der Waals surface area (Å²) in [6.07, 6.45) is 4.12. The molecule has 0 aliphatic carbocycles. The van der Waals surface area contributed by atoms with Crippen molar-refractivity contribution in [3.63, 3.8) is 0 Å². The van der Waals surface area contributed by atoms with Crippen LogP contribution in [0.5, 0.6) is 0 Å². The minimum atomic E-state index is 0.0741. The van der Waals surface area contributed by atoms with Crippen LogP contribution in [0.15, 0.2) is 18.5 Å². The van der Waals surface area contributed by atoms with Gasteiger partial charge in [0.1, 0.15) is 0 Å². The quantitative estimate of drug-likeness (QED) is 0.936. The van der Waals surface area contributed by atoms with E-state index < -0.39 is 0 Å². The van der Waals surface area contributed by atoms with E-state index in [4.69, 9.17) is 17.3 Å². The molecule has 0 radical (unpaired) electrons. The van der Waals surface area contributed by atoms with Crippen LogP contribution in [0.3, 0.4) is 0 Å². The molecule has 19 heavy (non-hydrogen) atoms. The first-order valence-corrected chi connectivity index (χ1v) is 6.87. The summed E-state index contributed by atoms with van der Waals surface area (Å²) in [6, 6.07) is 2.15. The molecule has 0 saturated heterocycles. The van der Waals surface area contributed by atoms with Gasteiger partial charge < -0.3 is 10.3 Å². The SMILES string of the molecule is Cc1nn(C)c(Cn2ccc(C(N)C(C)C)c2)c1Cl. The highest BCUT2D eigenvalue weighted by molar-refractivity contribution is 6.31. The lowest BCUT2D eigenvalue weighted by Gasteiger charge is -2.13. The molecule has 0 aromatic carbocycles. The molecule has 0 fully saturated rings. The van der Waals surface area contributed by atoms with Gasteiger partial charge in [-0.2, -0.15) is 5.10 Å². The minimum absolute atomic E-state index is 0.0741. The van der Waals surface area contributed by atoms with E-state index in [1.807, 2.05) is 24.9 Å². The van der Waals surface area contributed by atoms with E-state index >= 15 is 0 Å². The highest BCUT2D eigenvalue weighted by Crippen LogP contribution is 2.22. The summed E-state index contributed by atoms with van der Waals surface area (Å²) in [4.78, 5) is 0. The van der Waals surface area contributed by atoms with Crippen molar-refractivity contribution in [1.29, 1.82) is 0 Å². The van der Waals surface area contributed by atoms with E-state index in [-0.39, 0.29) is 6.04 Å². The fourth-order valence-electron chi connectivity index (χ4n) is 2.16. The molecule has 5 heteroatoms. The number of rotatable bonds is 4. The Bertz CT molecular complexity index is 568. The molecular weight excluding hydrogens is 260 g/mol. The third-order valence-electron chi connectivity index (χ3n) is 3.47. The topological polar surface area (TPSA) is 48.8 Å². The van der Waals surface area contributed by atoms with Gasteiger partial charge in [-0.05, 0) is 24.5 Å². The molecule has 0 aliphatic heterocycles. The first kappa shape index (κ1) is 14.2. The van der Waals surface area contributed by atoms with Crippen molar-refractivity contribution >= 4 is 11.6 Å². The Morgan fingerprint density at radius 2 is 2.11 bits per heavy atom. The van der Waals surface area contributed by atoms with Gasteiger partial charge in [-0.15, -0.1) is 0 Å². The highest BCUT2D eigenvalue weighted by atomic mass is 35.5. The van der Waals surface area contributed by atoms with E-state index in [9.17, 15) is 0 Å². The zero-order chi connectivity index (χ0) is 14.2. The molecule has 2 heterocycles. The first-order chi connectivity index (χ1) is 8.90. The van der Waals surface area contributed by atoms with Crippen LogP contribution in [0.1, 0.15) is 36.8 Å². The Morgan fingerprint density at radius 3 is 2.63 bits per heavy atom. The zero-order valence-corrected chi connectivity index (χ0v) is 12.6. The van der Waals surface area contributed by atoms with Gasteiger partial charge in [-0.3, -0.25) is 4.68 Å². The average molecular weight is 281 g/mol. The molecule has 1 unspecified atom stereocenters. The van der Waals surface area contributed by atoms with Crippen LogP contribution in [-0.4, -0.2) is 14.3 Å².